The number of β-lactam (4-membered cyclic amide) rings is 1. The minimum atomic E-state index is -1.06. The van der Waals surface area contributed by atoms with Gasteiger partial charge in [-0.25, -0.2) is 4.79 Å². The van der Waals surface area contributed by atoms with Crippen LogP contribution in [0.25, 0.3) is 0 Å². The van der Waals surface area contributed by atoms with Crippen LogP contribution in [0.5, 0.6) is 5.75 Å². The third-order valence-corrected chi connectivity index (χ3v) is 6.08. The molecule has 1 aromatic rings. The zero-order valence-corrected chi connectivity index (χ0v) is 14.5. The number of hydrogen-bond acceptors (Lipinski definition) is 6. The van der Waals surface area contributed by atoms with E-state index >= 15 is 0 Å². The summed E-state index contributed by atoms with van der Waals surface area (Å²) in [7, 11) is 0. The number of fused-ring (bicyclic) bond motifs is 1. The molecule has 0 aromatic heterocycles. The number of nitrogens with zero attached hydrogens (tertiary/aromatic N) is 1. The second-order valence-electron chi connectivity index (χ2n) is 6.65. The second-order valence-corrected chi connectivity index (χ2v) is 8.42. The molecule has 2 aliphatic heterocycles. The number of thioether (sulfide) groups is 1. The van der Waals surface area contributed by atoms with Gasteiger partial charge in [-0.2, -0.15) is 0 Å². The molecule has 134 valence electrons. The summed E-state index contributed by atoms with van der Waals surface area (Å²) in [6, 6.07) is 3.21. The van der Waals surface area contributed by atoms with E-state index in [2.05, 4.69) is 5.32 Å². The van der Waals surface area contributed by atoms with Crippen molar-refractivity contribution >= 4 is 29.5 Å². The number of carbonyl (C=O) groups excluding carboxylic acids is 2. The number of benzene rings is 1. The van der Waals surface area contributed by atoms with E-state index in [4.69, 9.17) is 5.73 Å². The van der Waals surface area contributed by atoms with Crippen molar-refractivity contribution in [1.82, 2.24) is 10.2 Å². The van der Waals surface area contributed by atoms with Crippen molar-refractivity contribution in [3.8, 4) is 5.75 Å². The smallest absolute Gasteiger partial charge is 0.327 e. The van der Waals surface area contributed by atoms with Crippen molar-refractivity contribution in [3.05, 3.63) is 29.8 Å². The lowest BCUT2D eigenvalue weighted by Crippen LogP contribution is -2.71. The minimum absolute atomic E-state index is 0.0606. The maximum Gasteiger partial charge on any atom is 0.327 e. The van der Waals surface area contributed by atoms with E-state index in [0.29, 0.717) is 5.56 Å². The van der Waals surface area contributed by atoms with Crippen molar-refractivity contribution < 1.29 is 24.6 Å². The van der Waals surface area contributed by atoms with E-state index in [9.17, 15) is 24.6 Å². The van der Waals surface area contributed by atoms with Crippen molar-refractivity contribution in [2.75, 3.05) is 0 Å². The highest BCUT2D eigenvalue weighted by Crippen LogP contribution is 2.50. The van der Waals surface area contributed by atoms with Crippen LogP contribution in [-0.2, 0) is 14.4 Å². The predicted molar refractivity (Wildman–Crippen MR) is 90.7 cm³/mol. The van der Waals surface area contributed by atoms with E-state index in [-0.39, 0.29) is 5.75 Å². The number of nitrogens with two attached hydrogens (primary N) is 1. The number of carboxylic acid groups (broad SMARTS) is 1. The first-order chi connectivity index (χ1) is 11.6. The number of phenolic OH excluding ortho intramolecular Hbond substituents is 1. The number of nitrogens with one attached hydrogen (secondary N) is 1. The topological polar surface area (TPSA) is 133 Å². The van der Waals surface area contributed by atoms with Crippen LogP contribution in [-0.4, -0.2) is 55.1 Å². The van der Waals surface area contributed by atoms with Crippen LogP contribution >= 0.6 is 11.8 Å². The molecule has 0 saturated carbocycles. The molecule has 2 amide bonds. The van der Waals surface area contributed by atoms with Gasteiger partial charge >= 0.3 is 5.97 Å². The molecule has 9 heteroatoms. The SMILES string of the molecule is CC1(C)S[C@@H]2[C@H](NC(=O)C(N)c3ccc(O)cc3)C(=O)N2C1C(=O)O. The fraction of sp³-hybridized carbons (Fsp3) is 0.438. The van der Waals surface area contributed by atoms with Crippen LogP contribution in [0.1, 0.15) is 25.5 Å². The average Bonchev–Trinajstić information content (AvgIpc) is 2.80. The Morgan fingerprint density at radius 2 is 1.92 bits per heavy atom. The van der Waals surface area contributed by atoms with Gasteiger partial charge in [-0.15, -0.1) is 11.8 Å². The van der Waals surface area contributed by atoms with Gasteiger partial charge in [-0.3, -0.25) is 9.59 Å². The molecule has 2 unspecified atom stereocenters. The fourth-order valence-electron chi connectivity index (χ4n) is 3.22. The fourth-order valence-corrected chi connectivity index (χ4v) is 4.85. The van der Waals surface area contributed by atoms with Gasteiger partial charge in [-0.1, -0.05) is 12.1 Å². The molecule has 2 aliphatic rings. The third kappa shape index (κ3) is 2.83. The van der Waals surface area contributed by atoms with Crippen molar-refractivity contribution in [1.29, 1.82) is 0 Å². The summed E-state index contributed by atoms with van der Waals surface area (Å²) >= 11 is 1.35. The van der Waals surface area contributed by atoms with Crippen LogP contribution in [0.15, 0.2) is 24.3 Å². The Labute approximate surface area is 148 Å². The molecule has 0 radical (unpaired) electrons. The number of aliphatic carboxylic acids is 1. The largest absolute Gasteiger partial charge is 0.508 e. The minimum Gasteiger partial charge on any atom is -0.508 e. The van der Waals surface area contributed by atoms with Gasteiger partial charge in [0, 0.05) is 4.75 Å². The summed E-state index contributed by atoms with van der Waals surface area (Å²) in [5.41, 5.74) is 6.41. The Kier molecular flexibility index (Phi) is 4.16. The highest BCUT2D eigenvalue weighted by atomic mass is 32.2. The van der Waals surface area contributed by atoms with Crippen molar-refractivity contribution in [2.45, 2.75) is 42.1 Å². The lowest BCUT2D eigenvalue weighted by Gasteiger charge is -2.43. The lowest BCUT2D eigenvalue weighted by molar-refractivity contribution is -0.161. The Hall–Kier alpha value is -2.26. The Bertz CT molecular complexity index is 736. The third-order valence-electron chi connectivity index (χ3n) is 4.51. The Morgan fingerprint density at radius 3 is 2.48 bits per heavy atom. The summed E-state index contributed by atoms with van der Waals surface area (Å²) in [5, 5.41) is 20.9. The molecule has 25 heavy (non-hydrogen) atoms. The van der Waals surface area contributed by atoms with Gasteiger partial charge < -0.3 is 26.2 Å². The van der Waals surface area contributed by atoms with E-state index in [1.54, 1.807) is 13.8 Å². The molecule has 0 aliphatic carbocycles. The molecule has 2 fully saturated rings. The number of carbonyl (C=O) groups is 3. The number of hydrogen-bond donors (Lipinski definition) is 4. The molecule has 2 heterocycles. The van der Waals surface area contributed by atoms with Gasteiger partial charge in [-0.05, 0) is 31.5 Å². The monoisotopic (exact) mass is 365 g/mol. The maximum atomic E-state index is 12.3. The molecule has 8 nitrogen and oxygen atoms in total. The van der Waals surface area contributed by atoms with Crippen molar-refractivity contribution in [3.63, 3.8) is 0 Å². The quantitative estimate of drug-likeness (QED) is 0.553. The van der Waals surface area contributed by atoms with Gasteiger partial charge in [0.1, 0.15) is 29.2 Å². The molecule has 0 spiro atoms. The van der Waals surface area contributed by atoms with E-state index in [1.165, 1.54) is 40.9 Å². The molecule has 0 bridgehead atoms. The molecule has 1 aromatic carbocycles. The second kappa shape index (κ2) is 5.92. The summed E-state index contributed by atoms with van der Waals surface area (Å²) in [6.07, 6.45) is 0. The van der Waals surface area contributed by atoms with Gasteiger partial charge in [0.2, 0.25) is 11.8 Å². The summed E-state index contributed by atoms with van der Waals surface area (Å²) < 4.78 is -0.648. The van der Waals surface area contributed by atoms with E-state index in [0.717, 1.165) is 0 Å². The summed E-state index contributed by atoms with van der Waals surface area (Å²) in [5.74, 6) is -1.94. The molecule has 3 rings (SSSR count). The predicted octanol–water partition coefficient (Wildman–Crippen LogP) is 0.0237. The number of amides is 2. The first-order valence-electron chi connectivity index (χ1n) is 7.71. The standard InChI is InChI=1S/C16H19N3O5S/c1-16(2)11(15(23)24)19-13(22)10(14(19)25-16)18-12(21)9(17)7-3-5-8(20)6-4-7/h3-6,9-11,14,20H,17H2,1-2H3,(H,18,21)(H,23,24)/t9?,10-,11?,14-/m1/s1. The number of carboxylic acids is 1. The highest BCUT2D eigenvalue weighted by molar-refractivity contribution is 8.01. The summed E-state index contributed by atoms with van der Waals surface area (Å²) in [6.45, 7) is 3.53. The average molecular weight is 365 g/mol. The maximum absolute atomic E-state index is 12.3. The number of aromatic hydroxyl groups is 1. The van der Waals surface area contributed by atoms with E-state index in [1.807, 2.05) is 0 Å². The van der Waals surface area contributed by atoms with Crippen LogP contribution in [0, 0.1) is 0 Å². The molecular formula is C16H19N3O5S. The van der Waals surface area contributed by atoms with Gasteiger partial charge in [0.05, 0.1) is 0 Å². The molecular weight excluding hydrogens is 346 g/mol. The first kappa shape index (κ1) is 17.6. The van der Waals surface area contributed by atoms with Gasteiger partial charge in [0.15, 0.2) is 0 Å². The zero-order chi connectivity index (χ0) is 18.5. The first-order valence-corrected chi connectivity index (χ1v) is 8.59. The van der Waals surface area contributed by atoms with Crippen LogP contribution < -0.4 is 11.1 Å². The molecule has 4 atom stereocenters. The molecule has 2 saturated heterocycles. The Morgan fingerprint density at radius 1 is 1.32 bits per heavy atom. The normalized spacial score (nSPS) is 28.0. The summed E-state index contributed by atoms with van der Waals surface area (Å²) in [4.78, 5) is 37.5. The van der Waals surface area contributed by atoms with Gasteiger partial charge in [0.25, 0.3) is 0 Å². The number of rotatable bonds is 4. The van der Waals surface area contributed by atoms with Crippen molar-refractivity contribution in [2.24, 2.45) is 5.73 Å². The van der Waals surface area contributed by atoms with Crippen LogP contribution in [0.3, 0.4) is 0 Å². The molecule has 5 N–H and O–H groups in total. The van der Waals surface area contributed by atoms with Crippen LogP contribution in [0.4, 0.5) is 0 Å². The lowest BCUT2D eigenvalue weighted by atomic mass is 9.95. The van der Waals surface area contributed by atoms with Crippen LogP contribution in [0.2, 0.25) is 0 Å². The number of phenols is 1. The zero-order valence-electron chi connectivity index (χ0n) is 13.7. The highest BCUT2D eigenvalue weighted by Gasteiger charge is 2.64. The Balaban J connectivity index is 1.70. The van der Waals surface area contributed by atoms with E-state index < -0.39 is 46.0 Å².